The van der Waals surface area contributed by atoms with Crippen LogP contribution in [0, 0.1) is 0 Å². The van der Waals surface area contributed by atoms with Crippen LogP contribution in [0.3, 0.4) is 0 Å². The van der Waals surface area contributed by atoms with E-state index in [0.29, 0.717) is 0 Å². The van der Waals surface area contributed by atoms with E-state index in [2.05, 4.69) is 183 Å². The van der Waals surface area contributed by atoms with Gasteiger partial charge in [-0.2, -0.15) is 0 Å². The van der Waals surface area contributed by atoms with Crippen LogP contribution in [0.1, 0.15) is 25.0 Å². The molecular formula is C47H33NS. The van der Waals surface area contributed by atoms with Gasteiger partial charge in [-0.15, -0.1) is 11.3 Å². The summed E-state index contributed by atoms with van der Waals surface area (Å²) in [4.78, 5) is 2.52. The third-order valence-electron chi connectivity index (χ3n) is 10.6. The normalized spacial score (nSPS) is 13.3. The third kappa shape index (κ3) is 4.24. The zero-order valence-electron chi connectivity index (χ0n) is 27.4. The molecule has 10 rings (SSSR count). The van der Waals surface area contributed by atoms with Gasteiger partial charge in [0.1, 0.15) is 0 Å². The Morgan fingerprint density at radius 2 is 1.08 bits per heavy atom. The smallest absolute Gasteiger partial charge is 0.0633 e. The van der Waals surface area contributed by atoms with Gasteiger partial charge in [-0.1, -0.05) is 141 Å². The van der Waals surface area contributed by atoms with Crippen molar-refractivity contribution in [3.8, 4) is 22.3 Å². The topological polar surface area (TPSA) is 3.24 Å². The lowest BCUT2D eigenvalue weighted by Crippen LogP contribution is -2.15. The van der Waals surface area contributed by atoms with Crippen LogP contribution in [-0.4, -0.2) is 0 Å². The van der Waals surface area contributed by atoms with E-state index >= 15 is 0 Å². The van der Waals surface area contributed by atoms with E-state index in [9.17, 15) is 0 Å². The van der Waals surface area contributed by atoms with E-state index in [1.54, 1.807) is 0 Å². The van der Waals surface area contributed by atoms with Gasteiger partial charge < -0.3 is 4.90 Å². The molecule has 0 N–H and O–H groups in total. The van der Waals surface area contributed by atoms with Crippen LogP contribution in [0.15, 0.2) is 164 Å². The van der Waals surface area contributed by atoms with Crippen LogP contribution in [0.2, 0.25) is 0 Å². The van der Waals surface area contributed by atoms with Crippen molar-refractivity contribution in [3.63, 3.8) is 0 Å². The van der Waals surface area contributed by atoms with Crippen LogP contribution in [0.5, 0.6) is 0 Å². The fraction of sp³-hybridized carbons (Fsp3) is 0.0638. The molecule has 1 aliphatic rings. The Bertz CT molecular complexity index is 2740. The second kappa shape index (κ2) is 10.7. The minimum atomic E-state index is -0.0499. The van der Waals surface area contributed by atoms with Crippen molar-refractivity contribution in [1.82, 2.24) is 0 Å². The zero-order valence-corrected chi connectivity index (χ0v) is 28.3. The summed E-state index contributed by atoms with van der Waals surface area (Å²) in [5.74, 6) is 0. The Morgan fingerprint density at radius 1 is 0.449 bits per heavy atom. The van der Waals surface area contributed by atoms with Gasteiger partial charge in [0.2, 0.25) is 0 Å². The Kier molecular flexibility index (Phi) is 6.16. The molecule has 2 heteroatoms. The van der Waals surface area contributed by atoms with Crippen LogP contribution in [0.25, 0.3) is 64.0 Å². The van der Waals surface area contributed by atoms with Crippen LogP contribution < -0.4 is 4.90 Å². The summed E-state index contributed by atoms with van der Waals surface area (Å²) in [6.07, 6.45) is 0. The second-order valence-corrected chi connectivity index (χ2v) is 14.8. The number of hydrogen-bond donors (Lipinski definition) is 0. The maximum absolute atomic E-state index is 2.52. The Morgan fingerprint density at radius 3 is 1.94 bits per heavy atom. The molecule has 0 spiro atoms. The maximum atomic E-state index is 2.52. The maximum Gasteiger partial charge on any atom is 0.0633 e. The highest BCUT2D eigenvalue weighted by Crippen LogP contribution is 2.53. The van der Waals surface area contributed by atoms with E-state index in [4.69, 9.17) is 0 Å². The summed E-state index contributed by atoms with van der Waals surface area (Å²) in [5.41, 5.74) is 11.4. The van der Waals surface area contributed by atoms with E-state index < -0.39 is 0 Å². The Hall–Kier alpha value is -5.70. The molecule has 0 unspecified atom stereocenters. The molecule has 1 heterocycles. The van der Waals surface area contributed by atoms with Crippen LogP contribution in [0.4, 0.5) is 17.1 Å². The third-order valence-corrected chi connectivity index (χ3v) is 11.8. The summed E-state index contributed by atoms with van der Waals surface area (Å²) in [5, 5.41) is 7.64. The van der Waals surface area contributed by atoms with Gasteiger partial charge in [0, 0.05) is 42.3 Å². The number of thiophene rings is 1. The van der Waals surface area contributed by atoms with Crippen molar-refractivity contribution in [2.45, 2.75) is 19.3 Å². The van der Waals surface area contributed by atoms with Gasteiger partial charge in [-0.25, -0.2) is 0 Å². The van der Waals surface area contributed by atoms with Gasteiger partial charge in [0.25, 0.3) is 0 Å². The Labute approximate surface area is 290 Å². The average Bonchev–Trinajstić information content (AvgIpc) is 3.63. The number of hydrogen-bond acceptors (Lipinski definition) is 2. The fourth-order valence-corrected chi connectivity index (χ4v) is 9.44. The largest absolute Gasteiger partial charge is 0.309 e. The number of nitrogens with zero attached hydrogens (tertiary/aromatic N) is 1. The minimum absolute atomic E-state index is 0.0499. The molecule has 1 nitrogen and oxygen atoms in total. The van der Waals surface area contributed by atoms with E-state index in [-0.39, 0.29) is 5.41 Å². The minimum Gasteiger partial charge on any atom is -0.309 e. The SMILES string of the molecule is CC1(C)c2ccccc2-c2cc(N(c3ccc(-c4cccc5ccccc45)cc3)c3c4ccccc4cc4sc5ccccc5c34)ccc21. The molecule has 8 aromatic carbocycles. The first-order valence-corrected chi connectivity index (χ1v) is 17.8. The lowest BCUT2D eigenvalue weighted by molar-refractivity contribution is 0.660. The molecule has 0 fully saturated rings. The fourth-order valence-electron chi connectivity index (χ4n) is 8.28. The molecule has 0 saturated carbocycles. The highest BCUT2D eigenvalue weighted by atomic mass is 32.1. The molecular weight excluding hydrogens is 611 g/mol. The molecule has 0 aliphatic heterocycles. The van der Waals surface area contributed by atoms with Gasteiger partial charge >= 0.3 is 0 Å². The predicted molar refractivity (Wildman–Crippen MR) is 212 cm³/mol. The lowest BCUT2D eigenvalue weighted by Gasteiger charge is -2.29. The van der Waals surface area contributed by atoms with Gasteiger partial charge in [-0.05, 0) is 85.9 Å². The van der Waals surface area contributed by atoms with E-state index in [1.807, 2.05) is 11.3 Å². The summed E-state index contributed by atoms with van der Waals surface area (Å²) in [6.45, 7) is 4.71. The first kappa shape index (κ1) is 28.3. The number of anilines is 3. The van der Waals surface area contributed by atoms with Crippen molar-refractivity contribution in [2.24, 2.45) is 0 Å². The van der Waals surface area contributed by atoms with Crippen LogP contribution in [-0.2, 0) is 5.41 Å². The van der Waals surface area contributed by atoms with Gasteiger partial charge in [-0.3, -0.25) is 0 Å². The summed E-state index contributed by atoms with van der Waals surface area (Å²) >= 11 is 1.88. The van der Waals surface area contributed by atoms with E-state index in [1.165, 1.54) is 80.8 Å². The molecule has 1 aliphatic carbocycles. The predicted octanol–water partition coefficient (Wildman–Crippen LogP) is 13.8. The summed E-state index contributed by atoms with van der Waals surface area (Å²) < 4.78 is 2.62. The number of rotatable bonds is 4. The molecule has 0 bridgehead atoms. The molecule has 49 heavy (non-hydrogen) atoms. The van der Waals surface area contributed by atoms with Crippen LogP contribution >= 0.6 is 11.3 Å². The monoisotopic (exact) mass is 643 g/mol. The highest BCUT2D eigenvalue weighted by molar-refractivity contribution is 7.26. The van der Waals surface area contributed by atoms with Crippen molar-refractivity contribution in [1.29, 1.82) is 0 Å². The quantitative estimate of drug-likeness (QED) is 0.184. The standard InChI is InChI=1S/C47H33NS/c1-47(2)41-20-9-7-17-38(41)40-29-34(26-27-42(40)47)48(33-24-22-31(23-25-33)36-19-11-14-30-12-3-5-15-35(30)36)46-37-16-6-4-13-32(37)28-44-45(46)39-18-8-10-21-43(39)49-44/h3-29H,1-2H3. The molecule has 0 amide bonds. The highest BCUT2D eigenvalue weighted by Gasteiger charge is 2.35. The molecule has 9 aromatic rings. The van der Waals surface area contributed by atoms with E-state index in [0.717, 1.165) is 11.4 Å². The Balaban J connectivity index is 1.26. The summed E-state index contributed by atoms with van der Waals surface area (Å²) in [7, 11) is 0. The molecule has 232 valence electrons. The lowest BCUT2D eigenvalue weighted by atomic mass is 9.82. The molecule has 0 radical (unpaired) electrons. The van der Waals surface area contributed by atoms with Gasteiger partial charge in [0.15, 0.2) is 0 Å². The number of benzene rings is 8. The number of fused-ring (bicyclic) bond motifs is 8. The van der Waals surface area contributed by atoms with Crippen molar-refractivity contribution in [3.05, 3.63) is 175 Å². The molecule has 1 aromatic heterocycles. The molecule has 0 saturated heterocycles. The van der Waals surface area contributed by atoms with Crippen molar-refractivity contribution >= 4 is 70.1 Å². The average molecular weight is 644 g/mol. The second-order valence-electron chi connectivity index (χ2n) is 13.7. The van der Waals surface area contributed by atoms with Crippen molar-refractivity contribution in [2.75, 3.05) is 4.90 Å². The molecule has 0 atom stereocenters. The zero-order chi connectivity index (χ0) is 32.7. The first-order chi connectivity index (χ1) is 24.1. The summed E-state index contributed by atoms with van der Waals surface area (Å²) in [6, 6.07) is 60.7. The van der Waals surface area contributed by atoms with Crippen molar-refractivity contribution < 1.29 is 0 Å². The van der Waals surface area contributed by atoms with Gasteiger partial charge in [0.05, 0.1) is 5.69 Å². The first-order valence-electron chi connectivity index (χ1n) is 17.0.